The van der Waals surface area contributed by atoms with Crippen LogP contribution in [0.5, 0.6) is 0 Å². The zero-order chi connectivity index (χ0) is 23.2. The number of alkyl halides is 3. The fraction of sp³-hybridized carbons (Fsp3) is 0.545. The van der Waals surface area contributed by atoms with Crippen LogP contribution >= 0.6 is 0 Å². The fourth-order valence-corrected chi connectivity index (χ4v) is 5.01. The summed E-state index contributed by atoms with van der Waals surface area (Å²) in [5.74, 6) is -1.84. The predicted octanol–water partition coefficient (Wildman–Crippen LogP) is 3.83. The number of hydrogen-bond donors (Lipinski definition) is 1. The van der Waals surface area contributed by atoms with Gasteiger partial charge >= 0.3 is 18.1 Å². The number of amides is 3. The molecule has 3 amide bonds. The van der Waals surface area contributed by atoms with Crippen LogP contribution in [0.3, 0.4) is 0 Å². The van der Waals surface area contributed by atoms with Gasteiger partial charge in [0.15, 0.2) is 0 Å². The normalized spacial score (nSPS) is 23.2. The number of benzene rings is 1. The van der Waals surface area contributed by atoms with Gasteiger partial charge in [-0.3, -0.25) is 4.79 Å². The molecule has 0 spiro atoms. The molecule has 2 aromatic rings. The highest BCUT2D eigenvalue weighted by molar-refractivity contribution is 5.99. The van der Waals surface area contributed by atoms with Crippen molar-refractivity contribution in [3.63, 3.8) is 0 Å². The third-order valence-corrected chi connectivity index (χ3v) is 6.70. The number of fused-ring (bicyclic) bond motifs is 1. The van der Waals surface area contributed by atoms with Crippen molar-refractivity contribution in [2.75, 3.05) is 13.1 Å². The number of carbonyl (C=O) groups excluding carboxylic acids is 2. The number of halogens is 3. The minimum absolute atomic E-state index is 0.0755. The van der Waals surface area contributed by atoms with E-state index < -0.39 is 12.1 Å². The molecule has 2 fully saturated rings. The van der Waals surface area contributed by atoms with Crippen molar-refractivity contribution in [1.29, 1.82) is 0 Å². The smallest absolute Gasteiger partial charge is 0.333 e. The van der Waals surface area contributed by atoms with Crippen LogP contribution in [0.2, 0.25) is 0 Å². The average Bonchev–Trinajstić information content (AvgIpc) is 3.54. The summed E-state index contributed by atoms with van der Waals surface area (Å²) in [6, 6.07) is 4.49. The molecule has 1 aliphatic carbocycles. The Labute approximate surface area is 188 Å². The van der Waals surface area contributed by atoms with Crippen LogP contribution in [0.4, 0.5) is 18.0 Å². The predicted molar refractivity (Wildman–Crippen MR) is 110 cm³/mol. The van der Waals surface area contributed by atoms with E-state index in [4.69, 9.17) is 0 Å². The molecule has 2 aliphatic heterocycles. The lowest BCUT2D eigenvalue weighted by atomic mass is 9.89. The van der Waals surface area contributed by atoms with Crippen molar-refractivity contribution in [2.24, 2.45) is 0 Å². The Balaban J connectivity index is 1.34. The Bertz CT molecular complexity index is 1060. The quantitative estimate of drug-likeness (QED) is 0.747. The minimum atomic E-state index is -4.73. The number of hydrogen-bond acceptors (Lipinski definition) is 5. The van der Waals surface area contributed by atoms with Crippen LogP contribution in [0, 0.1) is 0 Å². The van der Waals surface area contributed by atoms with E-state index in [1.54, 1.807) is 17.0 Å². The Kier molecular flexibility index (Phi) is 5.49. The molecule has 176 valence electrons. The van der Waals surface area contributed by atoms with Gasteiger partial charge in [-0.2, -0.15) is 18.2 Å². The average molecular weight is 463 g/mol. The number of nitrogens with zero attached hydrogens (tertiary/aromatic N) is 4. The molecule has 1 saturated heterocycles. The summed E-state index contributed by atoms with van der Waals surface area (Å²) >= 11 is 0. The second-order valence-corrected chi connectivity index (χ2v) is 8.83. The molecule has 0 bridgehead atoms. The number of nitrogens with one attached hydrogen (secondary N) is 1. The largest absolute Gasteiger partial charge is 0.471 e. The van der Waals surface area contributed by atoms with E-state index in [-0.39, 0.29) is 35.4 Å². The third kappa shape index (κ3) is 4.16. The minimum Gasteiger partial charge on any atom is -0.333 e. The van der Waals surface area contributed by atoms with E-state index in [2.05, 4.69) is 20.0 Å². The van der Waals surface area contributed by atoms with Crippen LogP contribution < -0.4 is 5.32 Å². The first-order valence-corrected chi connectivity index (χ1v) is 11.2. The van der Waals surface area contributed by atoms with E-state index >= 15 is 0 Å². The molecule has 3 heterocycles. The lowest BCUT2D eigenvalue weighted by Crippen LogP contribution is -2.55. The zero-order valence-electron chi connectivity index (χ0n) is 17.9. The molecule has 1 N–H and O–H groups in total. The van der Waals surface area contributed by atoms with Gasteiger partial charge in [-0.05, 0) is 37.3 Å². The van der Waals surface area contributed by atoms with Crippen molar-refractivity contribution < 1.29 is 27.3 Å². The number of aromatic nitrogens is 2. The Hall–Kier alpha value is -3.11. The Morgan fingerprint density at radius 2 is 1.88 bits per heavy atom. The van der Waals surface area contributed by atoms with Crippen molar-refractivity contribution >= 4 is 11.9 Å². The lowest BCUT2D eigenvalue weighted by molar-refractivity contribution is -0.159. The first-order chi connectivity index (χ1) is 15.8. The molecule has 1 aromatic carbocycles. The van der Waals surface area contributed by atoms with E-state index in [1.807, 2.05) is 4.90 Å². The van der Waals surface area contributed by atoms with E-state index in [0.717, 1.165) is 57.2 Å². The van der Waals surface area contributed by atoms with E-state index in [1.165, 1.54) is 6.07 Å². The van der Waals surface area contributed by atoms with Gasteiger partial charge in [0.1, 0.15) is 0 Å². The van der Waals surface area contributed by atoms with Gasteiger partial charge in [-0.15, -0.1) is 0 Å². The Morgan fingerprint density at radius 3 is 2.61 bits per heavy atom. The maximum absolute atomic E-state index is 13.3. The molecule has 11 heteroatoms. The molecule has 33 heavy (non-hydrogen) atoms. The first kappa shape index (κ1) is 21.7. The van der Waals surface area contributed by atoms with Gasteiger partial charge in [-0.1, -0.05) is 30.1 Å². The standard InChI is InChI=1S/C22H24F3N5O3/c23-22(24,25)20-27-18(28-33-20)13-7-8-14-12-30(19(31)15(14)11-13)17-6-2-1-5-16(17)26-21(32)29-9-3-4-10-29/h7-8,11,16-17H,1-6,9-10,12H2,(H,26,32)/t16-,17-/m1/s1. The van der Waals surface area contributed by atoms with Crippen LogP contribution in [-0.4, -0.2) is 57.1 Å². The third-order valence-electron chi connectivity index (χ3n) is 6.70. The highest BCUT2D eigenvalue weighted by Crippen LogP contribution is 2.34. The number of likely N-dealkylation sites (tertiary alicyclic amines) is 1. The van der Waals surface area contributed by atoms with Gasteiger partial charge in [0.25, 0.3) is 5.91 Å². The van der Waals surface area contributed by atoms with Gasteiger partial charge < -0.3 is 19.6 Å². The first-order valence-electron chi connectivity index (χ1n) is 11.2. The summed E-state index contributed by atoms with van der Waals surface area (Å²) in [4.78, 5) is 33.0. The summed E-state index contributed by atoms with van der Waals surface area (Å²) in [5.41, 5.74) is 1.49. The summed E-state index contributed by atoms with van der Waals surface area (Å²) in [6.45, 7) is 1.91. The monoisotopic (exact) mass is 463 g/mol. The summed E-state index contributed by atoms with van der Waals surface area (Å²) in [5, 5.41) is 6.55. The van der Waals surface area contributed by atoms with Crippen molar-refractivity contribution in [3.8, 4) is 11.4 Å². The molecule has 0 radical (unpaired) electrons. The molecular weight excluding hydrogens is 439 g/mol. The molecule has 1 saturated carbocycles. The number of carbonyl (C=O) groups is 2. The molecule has 0 unspecified atom stereocenters. The maximum Gasteiger partial charge on any atom is 0.471 e. The van der Waals surface area contributed by atoms with Crippen LogP contribution in [0.25, 0.3) is 11.4 Å². The topological polar surface area (TPSA) is 91.6 Å². The number of rotatable bonds is 3. The molecule has 2 atom stereocenters. The van der Waals surface area contributed by atoms with E-state index in [0.29, 0.717) is 12.1 Å². The molecule has 5 rings (SSSR count). The highest BCUT2D eigenvalue weighted by Gasteiger charge is 2.40. The van der Waals surface area contributed by atoms with Gasteiger partial charge in [0.2, 0.25) is 5.82 Å². The molecule has 8 nitrogen and oxygen atoms in total. The Morgan fingerprint density at radius 1 is 1.12 bits per heavy atom. The summed E-state index contributed by atoms with van der Waals surface area (Å²) < 4.78 is 42.7. The summed E-state index contributed by atoms with van der Waals surface area (Å²) in [7, 11) is 0. The van der Waals surface area contributed by atoms with Crippen LogP contribution in [0.15, 0.2) is 22.7 Å². The van der Waals surface area contributed by atoms with Gasteiger partial charge in [-0.25, -0.2) is 4.79 Å². The molecular formula is C22H24F3N5O3. The fourth-order valence-electron chi connectivity index (χ4n) is 5.01. The second-order valence-electron chi connectivity index (χ2n) is 8.83. The van der Waals surface area contributed by atoms with Crippen molar-refractivity contribution in [2.45, 2.75) is 63.3 Å². The lowest BCUT2D eigenvalue weighted by Gasteiger charge is -2.38. The zero-order valence-corrected chi connectivity index (χ0v) is 17.9. The summed E-state index contributed by atoms with van der Waals surface area (Å²) in [6.07, 6.45) is 0.832. The van der Waals surface area contributed by atoms with Crippen LogP contribution in [-0.2, 0) is 12.7 Å². The highest BCUT2D eigenvalue weighted by atomic mass is 19.4. The van der Waals surface area contributed by atoms with Crippen LogP contribution in [0.1, 0.15) is 60.3 Å². The van der Waals surface area contributed by atoms with E-state index in [9.17, 15) is 22.8 Å². The number of urea groups is 1. The van der Waals surface area contributed by atoms with Gasteiger partial charge in [0.05, 0.1) is 12.1 Å². The maximum atomic E-state index is 13.3. The van der Waals surface area contributed by atoms with Crippen molar-refractivity contribution in [1.82, 2.24) is 25.3 Å². The molecule has 3 aliphatic rings. The van der Waals surface area contributed by atoms with Gasteiger partial charge in [0, 0.05) is 30.8 Å². The van der Waals surface area contributed by atoms with Crippen molar-refractivity contribution in [3.05, 3.63) is 35.2 Å². The molecule has 1 aromatic heterocycles. The second kappa shape index (κ2) is 8.35. The SMILES string of the molecule is O=C(N[C@@H]1CCCC[C@H]1N1Cc2ccc(-c3noc(C(F)(F)F)n3)cc2C1=O)N1CCCC1.